The lowest BCUT2D eigenvalue weighted by Gasteiger charge is -2.04. The minimum absolute atomic E-state index is 0.140. The van der Waals surface area contributed by atoms with Crippen LogP contribution in [0, 0.1) is 11.5 Å². The quantitative estimate of drug-likeness (QED) is 0.256. The molecule has 0 aromatic rings. The highest BCUT2D eigenvalue weighted by Gasteiger charge is 2.27. The maximum atomic E-state index is 11.3. The molecule has 1 rings (SSSR count). The van der Waals surface area contributed by atoms with Crippen molar-refractivity contribution in [3.8, 4) is 6.19 Å². The molecule has 1 fully saturated rings. The van der Waals surface area contributed by atoms with Gasteiger partial charge in [-0.3, -0.25) is 15.5 Å². The molecule has 1 aliphatic rings. The number of carbonyl (C=O) groups excluding carboxylic acids is 1. The van der Waals surface area contributed by atoms with Crippen LogP contribution in [-0.2, 0) is 4.79 Å². The van der Waals surface area contributed by atoms with Crippen molar-refractivity contribution >= 4 is 22.8 Å². The van der Waals surface area contributed by atoms with Crippen LogP contribution >= 0.6 is 11.8 Å². The van der Waals surface area contributed by atoms with Crippen molar-refractivity contribution in [3.05, 3.63) is 0 Å². The number of nitriles is 1. The minimum atomic E-state index is -0.428. The Kier molecular flexibility index (Phi) is 3.73. The summed E-state index contributed by atoms with van der Waals surface area (Å²) in [6.07, 6.45) is 3.56. The molecule has 0 spiro atoms. The normalized spacial score (nSPS) is 23.1. The maximum Gasteiger partial charge on any atom is 0.260 e. The Morgan fingerprint density at radius 3 is 3.07 bits per heavy atom. The summed E-state index contributed by atoms with van der Waals surface area (Å²) in [4.78, 5) is 15.4. The first-order valence-corrected chi connectivity index (χ1v) is 5.18. The third-order valence-electron chi connectivity index (χ3n) is 1.68. The first-order chi connectivity index (χ1) is 6.67. The molecule has 7 heteroatoms. The Hall–Kier alpha value is -1.26. The molecule has 0 bridgehead atoms. The molecule has 6 nitrogen and oxygen atoms in total. The van der Waals surface area contributed by atoms with Crippen molar-refractivity contribution in [1.82, 2.24) is 15.8 Å². The second-order valence-electron chi connectivity index (χ2n) is 2.75. The van der Waals surface area contributed by atoms with Crippen LogP contribution in [-0.4, -0.2) is 42.0 Å². The largest absolute Gasteiger partial charge is 0.287 e. The number of hydrogen-bond acceptors (Lipinski definition) is 5. The fraction of sp³-hybridized carbons (Fsp3) is 0.571. The molecule has 2 N–H and O–H groups in total. The number of nitrogens with zero attached hydrogens (tertiary/aromatic N) is 3. The van der Waals surface area contributed by atoms with Crippen molar-refractivity contribution in [3.63, 3.8) is 0 Å². The van der Waals surface area contributed by atoms with Crippen molar-refractivity contribution in [2.24, 2.45) is 4.99 Å². The monoisotopic (exact) mass is 213 g/mol. The Bertz CT molecular complexity index is 297. The lowest BCUT2D eigenvalue weighted by molar-refractivity contribution is -0.121. The number of hydrogen-bond donors (Lipinski definition) is 2. The molecule has 1 saturated heterocycles. The molecule has 1 unspecified atom stereocenters. The average Bonchev–Trinajstić information content (AvgIpc) is 2.44. The zero-order valence-corrected chi connectivity index (χ0v) is 8.76. The van der Waals surface area contributed by atoms with Gasteiger partial charge in [0, 0.05) is 13.6 Å². The van der Waals surface area contributed by atoms with E-state index in [0.717, 1.165) is 0 Å². The fourth-order valence-corrected chi connectivity index (χ4v) is 1.46. The molecule has 76 valence electrons. The van der Waals surface area contributed by atoms with Gasteiger partial charge in [-0.2, -0.15) is 5.26 Å². The van der Waals surface area contributed by atoms with Gasteiger partial charge in [0.1, 0.15) is 6.04 Å². The molecular formula is C7H11N5OS. The second kappa shape index (κ2) is 4.83. The molecule has 0 aliphatic carbocycles. The maximum absolute atomic E-state index is 11.3. The Labute approximate surface area is 86.3 Å². The molecule has 0 radical (unpaired) electrons. The van der Waals surface area contributed by atoms with Crippen LogP contribution < -0.4 is 10.7 Å². The summed E-state index contributed by atoms with van der Waals surface area (Å²) in [5.74, 6) is -0.140. The van der Waals surface area contributed by atoms with Gasteiger partial charge in [-0.05, 0) is 6.26 Å². The van der Waals surface area contributed by atoms with E-state index in [2.05, 4.69) is 15.7 Å². The summed E-state index contributed by atoms with van der Waals surface area (Å²) in [5, 5.41) is 12.9. The third-order valence-corrected chi connectivity index (χ3v) is 2.27. The number of amidine groups is 1. The molecule has 0 aromatic carbocycles. The zero-order valence-electron chi connectivity index (χ0n) is 7.94. The first-order valence-electron chi connectivity index (χ1n) is 3.96. The average molecular weight is 213 g/mol. The van der Waals surface area contributed by atoms with Crippen LogP contribution in [0.4, 0.5) is 0 Å². The van der Waals surface area contributed by atoms with Gasteiger partial charge >= 0.3 is 0 Å². The third kappa shape index (κ3) is 2.61. The summed E-state index contributed by atoms with van der Waals surface area (Å²) in [5.41, 5.74) is 2.61. The van der Waals surface area contributed by atoms with Gasteiger partial charge in [0.15, 0.2) is 11.4 Å². The van der Waals surface area contributed by atoms with E-state index in [9.17, 15) is 4.79 Å². The number of hydrazine groups is 1. The number of nitrogens with one attached hydrogen (secondary N) is 2. The standard InChI is InChI=1S/C7H11N5OS/c1-12-3-5(6(13)11-12)10-7(14-2)9-4-8/h5H,3H2,1-2H3,(H,9,10)(H,11,13). The SMILES string of the molecule is CSC(=NC1CN(C)NC1=O)NC#N. The number of rotatable bonds is 1. The number of amides is 1. The van der Waals surface area contributed by atoms with Gasteiger partial charge in [0.2, 0.25) is 0 Å². The van der Waals surface area contributed by atoms with Crippen LogP contribution in [0.2, 0.25) is 0 Å². The summed E-state index contributed by atoms with van der Waals surface area (Å²) in [6.45, 7) is 0.524. The highest BCUT2D eigenvalue weighted by molar-refractivity contribution is 8.13. The molecule has 1 atom stereocenters. The number of carbonyl (C=O) groups is 1. The van der Waals surface area contributed by atoms with E-state index < -0.39 is 6.04 Å². The molecule has 0 aromatic heterocycles. The highest BCUT2D eigenvalue weighted by atomic mass is 32.2. The van der Waals surface area contributed by atoms with Crippen LogP contribution in [0.3, 0.4) is 0 Å². The summed E-state index contributed by atoms with van der Waals surface area (Å²) in [6, 6.07) is -0.428. The lowest BCUT2D eigenvalue weighted by Crippen LogP contribution is -2.29. The van der Waals surface area contributed by atoms with E-state index >= 15 is 0 Å². The Morgan fingerprint density at radius 2 is 2.64 bits per heavy atom. The van der Waals surface area contributed by atoms with E-state index in [-0.39, 0.29) is 5.91 Å². The highest BCUT2D eigenvalue weighted by Crippen LogP contribution is 2.05. The smallest absolute Gasteiger partial charge is 0.260 e. The molecule has 0 saturated carbocycles. The van der Waals surface area contributed by atoms with Crippen molar-refractivity contribution in [2.75, 3.05) is 19.8 Å². The van der Waals surface area contributed by atoms with Crippen molar-refractivity contribution in [2.45, 2.75) is 6.04 Å². The number of thioether (sulfide) groups is 1. The number of aliphatic imine (C=N–C) groups is 1. The predicted molar refractivity (Wildman–Crippen MR) is 54.3 cm³/mol. The molecular weight excluding hydrogens is 202 g/mol. The van der Waals surface area contributed by atoms with E-state index in [0.29, 0.717) is 11.7 Å². The van der Waals surface area contributed by atoms with E-state index in [4.69, 9.17) is 5.26 Å². The lowest BCUT2D eigenvalue weighted by atomic mass is 10.3. The molecule has 1 heterocycles. The summed E-state index contributed by atoms with van der Waals surface area (Å²) >= 11 is 1.30. The van der Waals surface area contributed by atoms with Gasteiger partial charge < -0.3 is 0 Å². The summed E-state index contributed by atoms with van der Waals surface area (Å²) < 4.78 is 0. The summed E-state index contributed by atoms with van der Waals surface area (Å²) in [7, 11) is 1.77. The zero-order chi connectivity index (χ0) is 10.6. The molecule has 1 amide bonds. The van der Waals surface area contributed by atoms with Crippen molar-refractivity contribution < 1.29 is 4.79 Å². The molecule has 1 aliphatic heterocycles. The first kappa shape index (κ1) is 10.8. The number of likely N-dealkylation sites (N-methyl/N-ethyl adjacent to an activating group) is 1. The van der Waals surface area contributed by atoms with Gasteiger partial charge in [-0.25, -0.2) is 10.0 Å². The van der Waals surface area contributed by atoms with Gasteiger partial charge in [0.05, 0.1) is 0 Å². The van der Waals surface area contributed by atoms with Crippen LogP contribution in [0.15, 0.2) is 4.99 Å². The topological polar surface area (TPSA) is 80.5 Å². The van der Waals surface area contributed by atoms with Gasteiger partial charge in [0.25, 0.3) is 5.91 Å². The van der Waals surface area contributed by atoms with E-state index in [1.807, 2.05) is 0 Å². The van der Waals surface area contributed by atoms with Gasteiger partial charge in [-0.1, -0.05) is 11.8 Å². The van der Waals surface area contributed by atoms with E-state index in [1.54, 1.807) is 24.5 Å². The second-order valence-corrected chi connectivity index (χ2v) is 3.54. The Morgan fingerprint density at radius 1 is 1.93 bits per heavy atom. The molecule has 14 heavy (non-hydrogen) atoms. The predicted octanol–water partition coefficient (Wildman–Crippen LogP) is -0.879. The van der Waals surface area contributed by atoms with Gasteiger partial charge in [-0.15, -0.1) is 0 Å². The van der Waals surface area contributed by atoms with Crippen LogP contribution in [0.5, 0.6) is 0 Å². The van der Waals surface area contributed by atoms with Crippen LogP contribution in [0.25, 0.3) is 0 Å². The minimum Gasteiger partial charge on any atom is -0.287 e. The van der Waals surface area contributed by atoms with Crippen LogP contribution in [0.1, 0.15) is 0 Å². The Balaban J connectivity index is 2.66. The van der Waals surface area contributed by atoms with E-state index in [1.165, 1.54) is 11.8 Å². The fourth-order valence-electron chi connectivity index (χ4n) is 1.08. The van der Waals surface area contributed by atoms with Crippen molar-refractivity contribution in [1.29, 1.82) is 5.26 Å².